The number of aromatic nitrogens is 4. The van der Waals surface area contributed by atoms with Gasteiger partial charge in [0.1, 0.15) is 5.71 Å². The van der Waals surface area contributed by atoms with Gasteiger partial charge >= 0.3 is 0 Å². The molecule has 0 aliphatic heterocycles. The second-order valence-electron chi connectivity index (χ2n) is 14.9. The van der Waals surface area contributed by atoms with E-state index in [1.807, 2.05) is 42.5 Å². The number of pyridine rings is 1. The first-order valence-corrected chi connectivity index (χ1v) is 20.2. The first-order chi connectivity index (χ1) is 29.6. The Balaban J connectivity index is 1.01. The molecule has 0 fully saturated rings. The molecule has 282 valence electrons. The van der Waals surface area contributed by atoms with E-state index in [9.17, 15) is 0 Å². The van der Waals surface area contributed by atoms with Gasteiger partial charge in [-0.3, -0.25) is 5.41 Å². The summed E-state index contributed by atoms with van der Waals surface area (Å²) in [4.78, 5) is 15.5. The van der Waals surface area contributed by atoms with Crippen molar-refractivity contribution in [1.29, 1.82) is 5.41 Å². The minimum atomic E-state index is 0.318. The molecule has 1 N–H and O–H groups in total. The summed E-state index contributed by atoms with van der Waals surface area (Å²) >= 11 is 4.30. The molecule has 7 aromatic carbocycles. The van der Waals surface area contributed by atoms with Gasteiger partial charge in [-0.2, -0.15) is 0 Å². The van der Waals surface area contributed by atoms with Gasteiger partial charge in [-0.25, -0.2) is 19.3 Å². The lowest BCUT2D eigenvalue weighted by molar-refractivity contribution is 1.17. The van der Waals surface area contributed by atoms with Gasteiger partial charge in [0.05, 0.1) is 39.3 Å². The van der Waals surface area contributed by atoms with Crippen LogP contribution in [0.4, 0.5) is 0 Å². The number of allylic oxidation sites excluding steroid dienone is 1. The van der Waals surface area contributed by atoms with Crippen LogP contribution in [0.1, 0.15) is 11.1 Å². The van der Waals surface area contributed by atoms with Gasteiger partial charge in [-0.1, -0.05) is 140 Å². The lowest BCUT2D eigenvalue weighted by Gasteiger charge is -2.20. The highest BCUT2D eigenvalue weighted by molar-refractivity contribution is 7.79. The number of benzene rings is 7. The summed E-state index contributed by atoms with van der Waals surface area (Å²) in [6, 6.07) is 63.0. The Morgan fingerprint density at radius 1 is 0.467 bits per heavy atom. The Bertz CT molecular complexity index is 3330. The minimum Gasteiger partial charge on any atom is -0.309 e. The summed E-state index contributed by atoms with van der Waals surface area (Å²) in [5.74, 6) is 0.661. The number of hydrogen-bond donors (Lipinski definition) is 2. The Hall–Kier alpha value is -7.74. The molecule has 0 bridgehead atoms. The second-order valence-corrected chi connectivity index (χ2v) is 15.1. The summed E-state index contributed by atoms with van der Waals surface area (Å²) in [6.45, 7) is 0. The van der Waals surface area contributed by atoms with Crippen molar-refractivity contribution in [2.45, 2.75) is 0 Å². The molecule has 1 aliphatic carbocycles. The van der Waals surface area contributed by atoms with Crippen molar-refractivity contribution in [3.8, 4) is 62.0 Å². The zero-order valence-corrected chi connectivity index (χ0v) is 33.1. The van der Waals surface area contributed by atoms with Gasteiger partial charge in [0.2, 0.25) is 0 Å². The van der Waals surface area contributed by atoms with Crippen molar-refractivity contribution in [1.82, 2.24) is 19.5 Å². The molecule has 0 spiro atoms. The van der Waals surface area contributed by atoms with E-state index in [-0.39, 0.29) is 0 Å². The van der Waals surface area contributed by atoms with Crippen LogP contribution < -0.4 is 0 Å². The predicted octanol–water partition coefficient (Wildman–Crippen LogP) is 13.1. The molecule has 7 heteroatoms. The zero-order chi connectivity index (χ0) is 40.2. The third-order valence-electron chi connectivity index (χ3n) is 11.3. The number of rotatable bonds is 6. The quantitative estimate of drug-likeness (QED) is 0.165. The first-order valence-electron chi connectivity index (χ1n) is 19.8. The monoisotopic (exact) mass is 786 g/mol. The van der Waals surface area contributed by atoms with E-state index in [2.05, 4.69) is 167 Å². The minimum absolute atomic E-state index is 0.318. The molecule has 0 amide bonds. The van der Waals surface area contributed by atoms with Crippen molar-refractivity contribution < 1.29 is 0 Å². The lowest BCUT2D eigenvalue weighted by atomic mass is 9.87. The van der Waals surface area contributed by atoms with E-state index >= 15 is 0 Å². The van der Waals surface area contributed by atoms with Crippen molar-refractivity contribution in [2.75, 3.05) is 0 Å². The summed E-state index contributed by atoms with van der Waals surface area (Å²) in [7, 11) is 0. The van der Waals surface area contributed by atoms with Crippen molar-refractivity contribution in [3.05, 3.63) is 199 Å². The number of nitrogens with one attached hydrogen (secondary N) is 1. The van der Waals surface area contributed by atoms with Crippen LogP contribution in [0.5, 0.6) is 0 Å². The molecule has 0 atom stereocenters. The van der Waals surface area contributed by atoms with E-state index < -0.39 is 0 Å². The molecule has 0 radical (unpaired) electrons. The topological polar surface area (TPSA) is 79.8 Å². The average molecular weight is 787 g/mol. The maximum absolute atomic E-state index is 8.64. The summed E-state index contributed by atoms with van der Waals surface area (Å²) in [5, 5.41) is 12.0. The number of fused-ring (bicyclic) bond motifs is 6. The summed E-state index contributed by atoms with van der Waals surface area (Å²) in [6.07, 6.45) is 3.73. The summed E-state index contributed by atoms with van der Waals surface area (Å²) in [5.41, 5.74) is 15.4. The smallest absolute Gasteiger partial charge is 0.160 e. The van der Waals surface area contributed by atoms with Gasteiger partial charge in [0.15, 0.2) is 5.82 Å². The van der Waals surface area contributed by atoms with Gasteiger partial charge in [-0.15, -0.1) is 0 Å². The van der Waals surface area contributed by atoms with Crippen molar-refractivity contribution in [2.24, 2.45) is 4.40 Å². The molecule has 6 nitrogen and oxygen atoms in total. The van der Waals surface area contributed by atoms with Gasteiger partial charge in [-0.05, 0) is 78.6 Å². The number of nitrogens with zero attached hydrogens (tertiary/aromatic N) is 5. The van der Waals surface area contributed by atoms with E-state index in [0.717, 1.165) is 78.2 Å². The van der Waals surface area contributed by atoms with Gasteiger partial charge < -0.3 is 4.57 Å². The number of thiol groups is 1. The van der Waals surface area contributed by atoms with Crippen LogP contribution in [0, 0.1) is 5.41 Å². The molecule has 0 saturated carbocycles. The zero-order valence-electron chi connectivity index (χ0n) is 32.2. The molecule has 0 saturated heterocycles. The normalized spacial score (nSPS) is 13.1. The molecule has 11 rings (SSSR count). The van der Waals surface area contributed by atoms with E-state index in [1.54, 1.807) is 6.08 Å². The molecule has 3 aromatic heterocycles. The Labute approximate surface area is 352 Å². The van der Waals surface area contributed by atoms with Crippen molar-refractivity contribution >= 4 is 63.0 Å². The van der Waals surface area contributed by atoms with Gasteiger partial charge in [0.25, 0.3) is 0 Å². The summed E-state index contributed by atoms with van der Waals surface area (Å²) < 4.78 is 6.60. The number of para-hydroxylation sites is 2. The Kier molecular flexibility index (Phi) is 8.60. The fraction of sp³-hybridized carbons (Fsp3) is 0. The standard InChI is InChI=1S/C53H34N6S/c54-44-29-28-43-50(52(44)58-60)42-27-24-37(31-47(42)55-51(43)34-12-3-1-4-13-34)36-16-11-17-38(30-36)46-32-45(56-53(57-46)35-14-5-2-6-15-35)33-22-25-39(26-23-33)59-48-20-9-7-18-40(48)41-19-8-10-21-49(41)59/h1-32,54,60H/b54-44?,58-52+. The fourth-order valence-electron chi connectivity index (χ4n) is 8.48. The van der Waals surface area contributed by atoms with E-state index in [0.29, 0.717) is 17.2 Å². The van der Waals surface area contributed by atoms with E-state index in [4.69, 9.17) is 20.4 Å². The molecular weight excluding hydrogens is 753 g/mol. The molecule has 10 aromatic rings. The second kappa shape index (κ2) is 14.6. The highest BCUT2D eigenvalue weighted by atomic mass is 32.1. The lowest BCUT2D eigenvalue weighted by Crippen LogP contribution is -2.18. The largest absolute Gasteiger partial charge is 0.309 e. The third-order valence-corrected chi connectivity index (χ3v) is 11.5. The fourth-order valence-corrected chi connectivity index (χ4v) is 8.68. The van der Waals surface area contributed by atoms with Gasteiger partial charge in [0, 0.05) is 55.2 Å². The van der Waals surface area contributed by atoms with Crippen LogP contribution in [0.2, 0.25) is 0 Å². The van der Waals surface area contributed by atoms with Crippen LogP contribution in [-0.2, 0) is 0 Å². The maximum atomic E-state index is 8.64. The number of hydrogen-bond acceptors (Lipinski definition) is 6. The van der Waals surface area contributed by atoms with Crippen LogP contribution in [0.25, 0.3) is 101 Å². The molecular formula is C53H34N6S. The Morgan fingerprint density at radius 2 is 1.05 bits per heavy atom. The first kappa shape index (κ1) is 35.4. The van der Waals surface area contributed by atoms with E-state index in [1.165, 1.54) is 21.8 Å². The predicted molar refractivity (Wildman–Crippen MR) is 251 cm³/mol. The molecule has 0 unspecified atom stereocenters. The van der Waals surface area contributed by atoms with Crippen LogP contribution in [0.3, 0.4) is 0 Å². The highest BCUT2D eigenvalue weighted by Crippen LogP contribution is 2.38. The third kappa shape index (κ3) is 6.03. The average Bonchev–Trinajstić information content (AvgIpc) is 3.66. The molecule has 1 aliphatic rings. The maximum Gasteiger partial charge on any atom is 0.160 e. The molecule has 3 heterocycles. The van der Waals surface area contributed by atoms with Crippen LogP contribution >= 0.6 is 12.8 Å². The van der Waals surface area contributed by atoms with Crippen LogP contribution in [0.15, 0.2) is 192 Å². The van der Waals surface area contributed by atoms with Crippen molar-refractivity contribution in [3.63, 3.8) is 0 Å². The highest BCUT2D eigenvalue weighted by Gasteiger charge is 2.24. The molecule has 60 heavy (non-hydrogen) atoms. The van der Waals surface area contributed by atoms with Crippen LogP contribution in [-0.4, -0.2) is 30.9 Å². The SMILES string of the molecule is N=C1C=Cc2c(-c3ccccc3)nc3cc(-c4cccc(-c5cc(-c6ccc(-n7c8ccccc8c8ccccc87)cc6)nc(-c6ccccc6)n5)c4)ccc3c2/C1=N/S. The Morgan fingerprint density at radius 3 is 1.75 bits per heavy atom.